The lowest BCUT2D eigenvalue weighted by molar-refractivity contribution is -0.108. The average Bonchev–Trinajstić information content (AvgIpc) is 2.13. The minimum Gasteiger partial charge on any atom is -0.288 e. The number of carbonyl (C=O) groups is 1. The van der Waals surface area contributed by atoms with Gasteiger partial charge < -0.3 is 0 Å². The highest BCUT2D eigenvalue weighted by Gasteiger charge is 2.18. The normalized spacial score (nSPS) is 20.7. The van der Waals surface area contributed by atoms with E-state index in [0.29, 0.717) is 4.86 Å². The van der Waals surface area contributed by atoms with Gasteiger partial charge in [0, 0.05) is 0 Å². The maximum Gasteiger partial charge on any atom is 0.198 e. The fourth-order valence-electron chi connectivity index (χ4n) is 0.838. The molecular formula is C9H6OS3. The minimum atomic E-state index is -0.188. The van der Waals surface area contributed by atoms with Gasteiger partial charge in [-0.1, -0.05) is 36.6 Å². The standard InChI is InChI=1S/C9H6OS3/c10-7-4-3-6(2-1-5-11)8(12)9(7)13/h1-5,11H/b5-1+,6-2+. The first-order valence-corrected chi connectivity index (χ1v) is 4.82. The Labute approximate surface area is 92.6 Å². The van der Waals surface area contributed by atoms with Crippen LogP contribution in [0.3, 0.4) is 0 Å². The van der Waals surface area contributed by atoms with Crippen molar-refractivity contribution < 1.29 is 4.79 Å². The highest BCUT2D eigenvalue weighted by atomic mass is 32.1. The summed E-state index contributed by atoms with van der Waals surface area (Å²) in [5, 5.41) is 1.59. The van der Waals surface area contributed by atoms with Crippen molar-refractivity contribution in [2.24, 2.45) is 0 Å². The van der Waals surface area contributed by atoms with Crippen molar-refractivity contribution in [2.45, 2.75) is 0 Å². The van der Waals surface area contributed by atoms with Crippen molar-refractivity contribution in [1.82, 2.24) is 0 Å². The van der Waals surface area contributed by atoms with E-state index in [4.69, 9.17) is 24.4 Å². The number of thiol groups is 1. The molecule has 0 aromatic rings. The number of ketones is 1. The summed E-state index contributed by atoms with van der Waals surface area (Å²) in [5.41, 5.74) is 0.782. The Morgan fingerprint density at radius 2 is 1.92 bits per heavy atom. The zero-order valence-corrected chi connectivity index (χ0v) is 9.09. The van der Waals surface area contributed by atoms with E-state index in [1.165, 1.54) is 6.08 Å². The summed E-state index contributed by atoms with van der Waals surface area (Å²) in [6, 6.07) is 0. The number of thiocarbonyl (C=S) groups is 2. The van der Waals surface area contributed by atoms with Crippen molar-refractivity contribution in [3.8, 4) is 0 Å². The van der Waals surface area contributed by atoms with E-state index in [0.717, 1.165) is 5.57 Å². The molecule has 0 spiro atoms. The van der Waals surface area contributed by atoms with Crippen LogP contribution < -0.4 is 0 Å². The predicted molar refractivity (Wildman–Crippen MR) is 65.6 cm³/mol. The summed E-state index contributed by atoms with van der Waals surface area (Å²) < 4.78 is 0. The third-order valence-corrected chi connectivity index (χ3v) is 2.61. The zero-order chi connectivity index (χ0) is 9.84. The van der Waals surface area contributed by atoms with Crippen LogP contribution >= 0.6 is 37.1 Å². The summed E-state index contributed by atoms with van der Waals surface area (Å²) in [7, 11) is 0. The van der Waals surface area contributed by atoms with Gasteiger partial charge in [-0.3, -0.25) is 4.79 Å². The third-order valence-electron chi connectivity index (χ3n) is 1.47. The molecule has 0 saturated carbocycles. The fraction of sp³-hybridized carbons (Fsp3) is 0. The molecule has 0 amide bonds. The number of carbonyl (C=O) groups excluding carboxylic acids is 1. The number of allylic oxidation sites excluding steroid dienone is 5. The number of rotatable bonds is 1. The molecule has 0 unspecified atom stereocenters. The van der Waals surface area contributed by atoms with Gasteiger partial charge in [0.05, 0.1) is 4.86 Å². The van der Waals surface area contributed by atoms with Crippen LogP contribution in [0.5, 0.6) is 0 Å². The molecule has 0 atom stereocenters. The van der Waals surface area contributed by atoms with Gasteiger partial charge in [0.1, 0.15) is 4.86 Å². The molecule has 0 bridgehead atoms. The predicted octanol–water partition coefficient (Wildman–Crippen LogP) is 2.24. The summed E-state index contributed by atoms with van der Waals surface area (Å²) in [6.45, 7) is 0. The molecule has 0 heterocycles. The summed E-state index contributed by atoms with van der Waals surface area (Å²) in [4.78, 5) is 11.7. The van der Waals surface area contributed by atoms with Gasteiger partial charge >= 0.3 is 0 Å². The van der Waals surface area contributed by atoms with Gasteiger partial charge in [-0.15, -0.1) is 0 Å². The first kappa shape index (κ1) is 10.5. The van der Waals surface area contributed by atoms with E-state index >= 15 is 0 Å². The van der Waals surface area contributed by atoms with Gasteiger partial charge in [0.2, 0.25) is 0 Å². The zero-order valence-electron chi connectivity index (χ0n) is 6.56. The summed E-state index contributed by atoms with van der Waals surface area (Å²) in [5.74, 6) is -0.188. The molecule has 13 heavy (non-hydrogen) atoms. The Bertz CT molecular complexity index is 361. The minimum absolute atomic E-state index is 0.188. The smallest absolute Gasteiger partial charge is 0.198 e. The first-order chi connectivity index (χ1) is 6.16. The molecule has 1 rings (SSSR count). The van der Waals surface area contributed by atoms with E-state index in [2.05, 4.69) is 12.6 Å². The maximum atomic E-state index is 11.0. The SMILES string of the molecule is O=C1C=C/C(=C\C=C\S)C(=S)C1=S. The van der Waals surface area contributed by atoms with Crippen molar-refractivity contribution >= 4 is 52.6 Å². The quantitative estimate of drug-likeness (QED) is 0.420. The number of hydrogen-bond acceptors (Lipinski definition) is 4. The van der Waals surface area contributed by atoms with Crippen LogP contribution in [0.15, 0.2) is 35.3 Å². The summed E-state index contributed by atoms with van der Waals surface area (Å²) in [6.07, 6.45) is 6.59. The largest absolute Gasteiger partial charge is 0.288 e. The molecule has 0 fully saturated rings. The van der Waals surface area contributed by atoms with Crippen LogP contribution in [0, 0.1) is 0 Å². The molecule has 4 heteroatoms. The van der Waals surface area contributed by atoms with Crippen LogP contribution in [0.25, 0.3) is 0 Å². The van der Waals surface area contributed by atoms with Crippen molar-refractivity contribution in [3.63, 3.8) is 0 Å². The molecule has 66 valence electrons. The van der Waals surface area contributed by atoms with Gasteiger partial charge in [0.15, 0.2) is 5.78 Å². The lowest BCUT2D eigenvalue weighted by Crippen LogP contribution is -2.23. The molecule has 0 N–H and O–H groups in total. The van der Waals surface area contributed by atoms with Crippen LogP contribution in [0.1, 0.15) is 0 Å². The van der Waals surface area contributed by atoms with E-state index in [1.54, 1.807) is 23.6 Å². The Hall–Kier alpha value is -0.580. The van der Waals surface area contributed by atoms with Crippen LogP contribution in [0.4, 0.5) is 0 Å². The maximum absolute atomic E-state index is 11.0. The molecule has 0 radical (unpaired) electrons. The molecule has 1 aliphatic carbocycles. The van der Waals surface area contributed by atoms with E-state index < -0.39 is 0 Å². The molecule has 0 aliphatic heterocycles. The van der Waals surface area contributed by atoms with Gasteiger partial charge in [0.25, 0.3) is 0 Å². The van der Waals surface area contributed by atoms with Gasteiger partial charge in [-0.05, 0) is 23.1 Å². The summed E-state index contributed by atoms with van der Waals surface area (Å²) >= 11 is 13.8. The molecule has 0 aromatic heterocycles. The second-order valence-corrected chi connectivity index (χ2v) is 3.43. The average molecular weight is 226 g/mol. The van der Waals surface area contributed by atoms with Gasteiger partial charge in [-0.25, -0.2) is 0 Å². The Morgan fingerprint density at radius 1 is 1.23 bits per heavy atom. The highest BCUT2D eigenvalue weighted by molar-refractivity contribution is 7.91. The lowest BCUT2D eigenvalue weighted by Gasteiger charge is -2.08. The van der Waals surface area contributed by atoms with Gasteiger partial charge in [-0.2, -0.15) is 12.6 Å². The topological polar surface area (TPSA) is 17.1 Å². The van der Waals surface area contributed by atoms with Crippen LogP contribution in [-0.2, 0) is 4.79 Å². The second kappa shape index (κ2) is 4.60. The third kappa shape index (κ3) is 2.43. The molecule has 0 aromatic carbocycles. The fourth-order valence-corrected chi connectivity index (χ4v) is 1.35. The van der Waals surface area contributed by atoms with Crippen molar-refractivity contribution in [2.75, 3.05) is 0 Å². The second-order valence-electron chi connectivity index (χ2n) is 2.32. The van der Waals surface area contributed by atoms with Crippen LogP contribution in [0.2, 0.25) is 0 Å². The van der Waals surface area contributed by atoms with Crippen molar-refractivity contribution in [1.29, 1.82) is 0 Å². The van der Waals surface area contributed by atoms with E-state index in [1.807, 2.05) is 0 Å². The Kier molecular flexibility index (Phi) is 3.71. The van der Waals surface area contributed by atoms with E-state index in [9.17, 15) is 4.79 Å². The Balaban J connectivity index is 3.04. The Morgan fingerprint density at radius 3 is 2.54 bits per heavy atom. The van der Waals surface area contributed by atoms with Crippen molar-refractivity contribution in [3.05, 3.63) is 35.3 Å². The molecule has 1 aliphatic rings. The number of hydrogen-bond donors (Lipinski definition) is 1. The highest BCUT2D eigenvalue weighted by Crippen LogP contribution is 2.11. The first-order valence-electron chi connectivity index (χ1n) is 3.49. The molecular weight excluding hydrogens is 220 g/mol. The lowest BCUT2D eigenvalue weighted by atomic mass is 10.0. The molecule has 0 saturated heterocycles. The van der Waals surface area contributed by atoms with E-state index in [-0.39, 0.29) is 10.6 Å². The van der Waals surface area contributed by atoms with Crippen LogP contribution in [-0.4, -0.2) is 15.5 Å². The monoisotopic (exact) mass is 226 g/mol. The molecule has 1 nitrogen and oxygen atoms in total.